The normalized spacial score (nSPS) is 18.7. The summed E-state index contributed by atoms with van der Waals surface area (Å²) in [5.41, 5.74) is 12.6. The second-order valence-corrected chi connectivity index (χ2v) is 8.25. The first-order chi connectivity index (χ1) is 16.4. The number of rotatable bonds is 8. The molecular weight excluding hydrogens is 459 g/mol. The van der Waals surface area contributed by atoms with E-state index < -0.39 is 0 Å². The lowest BCUT2D eigenvalue weighted by Crippen LogP contribution is -2.32. The van der Waals surface area contributed by atoms with Crippen molar-refractivity contribution in [3.8, 4) is 0 Å². The summed E-state index contributed by atoms with van der Waals surface area (Å²) in [6.45, 7) is 8.05. The molecule has 8 nitrogen and oxygen atoms in total. The molecule has 10 heteroatoms. The average molecular weight is 491 g/mol. The summed E-state index contributed by atoms with van der Waals surface area (Å²) in [6, 6.07) is 15.1. The van der Waals surface area contributed by atoms with Crippen molar-refractivity contribution in [3.05, 3.63) is 59.4 Å². The van der Waals surface area contributed by atoms with Gasteiger partial charge in [-0.2, -0.15) is 0 Å². The number of benzene rings is 2. The second kappa shape index (κ2) is 12.3. The van der Waals surface area contributed by atoms with E-state index in [-0.39, 0.29) is 29.9 Å². The lowest BCUT2D eigenvalue weighted by Gasteiger charge is -2.25. The molecule has 0 saturated carbocycles. The first-order valence-corrected chi connectivity index (χ1v) is 11.7. The van der Waals surface area contributed by atoms with Gasteiger partial charge in [0.15, 0.2) is 0 Å². The van der Waals surface area contributed by atoms with Crippen LogP contribution in [-0.2, 0) is 9.47 Å². The van der Waals surface area contributed by atoms with Crippen molar-refractivity contribution in [2.24, 2.45) is 21.5 Å². The van der Waals surface area contributed by atoms with Gasteiger partial charge < -0.3 is 30.7 Å². The fraction of sp³-hybridized carbons (Fsp3) is 0.417. The predicted octanol–water partition coefficient (Wildman–Crippen LogP) is 3.25. The van der Waals surface area contributed by atoms with Gasteiger partial charge in [0.2, 0.25) is 0 Å². The van der Waals surface area contributed by atoms with Crippen molar-refractivity contribution in [1.82, 2.24) is 0 Å². The molecule has 0 amide bonds. The smallest absolute Gasteiger partial charge is 0.282 e. The Morgan fingerprint density at radius 1 is 0.853 bits per heavy atom. The van der Waals surface area contributed by atoms with Crippen molar-refractivity contribution in [3.63, 3.8) is 0 Å². The highest BCUT2D eigenvalue weighted by Crippen LogP contribution is 2.25. The third kappa shape index (κ3) is 6.90. The standard InChI is InChI=1S/C12H16ClN3O.C12H16FN3O/c2*1-2-16(7-9-8-17-12(14)15-9)11-6-4-3-5-10(11)13/h2*3-6,9H,2,7-8H2,1H3,(H2,14,15)/t2*9-/m00/s1. The number of nitrogens with zero attached hydrogens (tertiary/aromatic N) is 4. The largest absolute Gasteiger partial charge is 0.463 e. The van der Waals surface area contributed by atoms with Gasteiger partial charge in [-0.15, -0.1) is 0 Å². The number of amidine groups is 2. The maximum Gasteiger partial charge on any atom is 0.282 e. The number of nitrogens with two attached hydrogens (primary N) is 2. The summed E-state index contributed by atoms with van der Waals surface area (Å²) in [7, 11) is 0. The Balaban J connectivity index is 0.000000191. The zero-order valence-corrected chi connectivity index (χ0v) is 20.3. The molecule has 0 aliphatic carbocycles. The molecule has 2 heterocycles. The lowest BCUT2D eigenvalue weighted by molar-refractivity contribution is 0.313. The van der Waals surface area contributed by atoms with Crippen LogP contribution in [0.25, 0.3) is 0 Å². The van der Waals surface area contributed by atoms with Gasteiger partial charge in [-0.1, -0.05) is 35.9 Å². The zero-order chi connectivity index (χ0) is 24.5. The fourth-order valence-electron chi connectivity index (χ4n) is 3.78. The summed E-state index contributed by atoms with van der Waals surface area (Å²) >= 11 is 6.18. The molecular formula is C24H32ClFN6O2. The monoisotopic (exact) mass is 490 g/mol. The third-order valence-corrected chi connectivity index (χ3v) is 5.80. The molecule has 0 fully saturated rings. The number of halogens is 2. The Kier molecular flexibility index (Phi) is 9.21. The Morgan fingerprint density at radius 3 is 1.76 bits per heavy atom. The van der Waals surface area contributed by atoms with Crippen molar-refractivity contribution in [2.75, 3.05) is 49.2 Å². The highest BCUT2D eigenvalue weighted by molar-refractivity contribution is 6.33. The van der Waals surface area contributed by atoms with E-state index in [1.807, 2.05) is 42.2 Å². The first-order valence-electron chi connectivity index (χ1n) is 11.3. The van der Waals surface area contributed by atoms with E-state index in [4.69, 9.17) is 32.5 Å². The highest BCUT2D eigenvalue weighted by atomic mass is 35.5. The van der Waals surface area contributed by atoms with E-state index in [1.54, 1.807) is 12.1 Å². The van der Waals surface area contributed by atoms with E-state index in [0.717, 1.165) is 23.8 Å². The molecule has 2 aromatic carbocycles. The molecule has 0 aromatic heterocycles. The molecule has 0 radical (unpaired) electrons. The Hall–Kier alpha value is -3.20. The van der Waals surface area contributed by atoms with E-state index >= 15 is 0 Å². The SMILES string of the molecule is CCN(C[C@H]1COC(N)=N1)c1ccccc1Cl.CCN(C[C@H]1COC(N)=N1)c1ccccc1F. The molecule has 0 spiro atoms. The number of hydrogen-bond acceptors (Lipinski definition) is 8. The average Bonchev–Trinajstić information content (AvgIpc) is 3.44. The van der Waals surface area contributed by atoms with Gasteiger partial charge in [0.1, 0.15) is 31.1 Å². The van der Waals surface area contributed by atoms with Gasteiger partial charge in [0, 0.05) is 26.2 Å². The number of hydrogen-bond donors (Lipinski definition) is 2. The van der Waals surface area contributed by atoms with Crippen LogP contribution < -0.4 is 21.3 Å². The van der Waals surface area contributed by atoms with Gasteiger partial charge in [0.25, 0.3) is 12.0 Å². The van der Waals surface area contributed by atoms with E-state index in [1.165, 1.54) is 6.07 Å². The molecule has 184 valence electrons. The minimum atomic E-state index is -0.217. The summed E-state index contributed by atoms with van der Waals surface area (Å²) in [4.78, 5) is 12.5. The topological polar surface area (TPSA) is 102 Å². The Bertz CT molecular complexity index is 925. The maximum atomic E-state index is 13.6. The number of anilines is 2. The molecule has 4 N–H and O–H groups in total. The lowest BCUT2D eigenvalue weighted by atomic mass is 10.2. The minimum absolute atomic E-state index is 0.0189. The number of para-hydroxylation sites is 2. The number of ether oxygens (including phenoxy) is 2. The first kappa shape index (κ1) is 25.4. The summed E-state index contributed by atoms with van der Waals surface area (Å²) in [6.07, 6.45) is 0. The molecule has 0 saturated heterocycles. The zero-order valence-electron chi connectivity index (χ0n) is 19.5. The Labute approximate surface area is 205 Å². The van der Waals surface area contributed by atoms with Crippen LogP contribution in [0, 0.1) is 5.82 Å². The van der Waals surface area contributed by atoms with Crippen molar-refractivity contribution in [2.45, 2.75) is 25.9 Å². The molecule has 2 aromatic rings. The Morgan fingerprint density at radius 2 is 1.32 bits per heavy atom. The molecule has 2 aliphatic heterocycles. The molecule has 0 bridgehead atoms. The van der Waals surface area contributed by atoms with Gasteiger partial charge in [0.05, 0.1) is 16.4 Å². The van der Waals surface area contributed by atoms with Crippen LogP contribution in [-0.4, -0.2) is 63.5 Å². The van der Waals surface area contributed by atoms with Crippen LogP contribution in [0.2, 0.25) is 5.02 Å². The van der Waals surface area contributed by atoms with Gasteiger partial charge in [-0.05, 0) is 38.1 Å². The van der Waals surface area contributed by atoms with E-state index in [2.05, 4.69) is 21.8 Å². The summed E-state index contributed by atoms with van der Waals surface area (Å²) in [5, 5.41) is 0.755. The summed E-state index contributed by atoms with van der Waals surface area (Å²) < 4.78 is 23.9. The van der Waals surface area contributed by atoms with Crippen molar-refractivity contribution >= 4 is 35.0 Å². The van der Waals surface area contributed by atoms with Crippen LogP contribution in [0.1, 0.15) is 13.8 Å². The van der Waals surface area contributed by atoms with Gasteiger partial charge in [-0.3, -0.25) is 0 Å². The third-order valence-electron chi connectivity index (χ3n) is 5.48. The quantitative estimate of drug-likeness (QED) is 0.589. The van der Waals surface area contributed by atoms with Crippen LogP contribution in [0.3, 0.4) is 0 Å². The molecule has 34 heavy (non-hydrogen) atoms. The predicted molar refractivity (Wildman–Crippen MR) is 136 cm³/mol. The second-order valence-electron chi connectivity index (χ2n) is 7.84. The van der Waals surface area contributed by atoms with E-state index in [9.17, 15) is 4.39 Å². The van der Waals surface area contributed by atoms with Crippen LogP contribution in [0.5, 0.6) is 0 Å². The number of likely N-dealkylation sites (N-methyl/N-ethyl adjacent to an activating group) is 2. The molecule has 4 rings (SSSR count). The molecule has 2 atom stereocenters. The number of aliphatic imine (C=N–C) groups is 2. The maximum absolute atomic E-state index is 13.6. The minimum Gasteiger partial charge on any atom is -0.463 e. The summed E-state index contributed by atoms with van der Waals surface area (Å²) in [5.74, 6) is -0.217. The molecule has 0 unspecified atom stereocenters. The van der Waals surface area contributed by atoms with Gasteiger partial charge in [-0.25, -0.2) is 14.4 Å². The van der Waals surface area contributed by atoms with Crippen LogP contribution in [0.4, 0.5) is 15.8 Å². The fourth-order valence-corrected chi connectivity index (χ4v) is 4.04. The van der Waals surface area contributed by atoms with Crippen molar-refractivity contribution in [1.29, 1.82) is 0 Å². The van der Waals surface area contributed by atoms with E-state index in [0.29, 0.717) is 32.0 Å². The van der Waals surface area contributed by atoms with Crippen LogP contribution in [0.15, 0.2) is 58.5 Å². The molecule has 2 aliphatic rings. The van der Waals surface area contributed by atoms with Crippen molar-refractivity contribution < 1.29 is 13.9 Å². The van der Waals surface area contributed by atoms with Crippen LogP contribution >= 0.6 is 11.6 Å². The van der Waals surface area contributed by atoms with Gasteiger partial charge >= 0.3 is 0 Å². The highest BCUT2D eigenvalue weighted by Gasteiger charge is 2.21.